The molecule has 0 bridgehead atoms. The van der Waals surface area contributed by atoms with Crippen LogP contribution in [-0.2, 0) is 0 Å². The molecule has 0 N–H and O–H groups in total. The molecule has 238 valence electrons. The molecule has 4 aromatic heterocycles. The van der Waals surface area contributed by atoms with Gasteiger partial charge in [0.25, 0.3) is 0 Å². The standard InChI is InChI=1S/C45H28N6/c1-8-22-36-29(15-1)30-16-2-9-23-37(30)49(36)42-28-14-7-21-35(42)43-46-44(50-38-24-10-3-17-31(38)32-18-4-11-25-39(32)50)48-45(47-43)51-40-26-12-5-19-33(40)34-20-6-13-27-41(34)51/h1-28H/i3D,5D,7D,10D,12D,14D,17D,19D,21D,24D,26D,28D. The first-order chi connectivity index (χ1) is 30.3. The van der Waals surface area contributed by atoms with E-state index in [2.05, 4.69) is 0 Å². The Hall–Kier alpha value is -7.05. The van der Waals surface area contributed by atoms with Gasteiger partial charge in [0.2, 0.25) is 11.9 Å². The van der Waals surface area contributed by atoms with Crippen LogP contribution in [0.2, 0.25) is 0 Å². The van der Waals surface area contributed by atoms with Crippen molar-refractivity contribution in [3.8, 4) is 29.0 Å². The second-order valence-electron chi connectivity index (χ2n) is 12.0. The minimum absolute atomic E-state index is 0.0229. The number of rotatable bonds is 4. The van der Waals surface area contributed by atoms with E-state index < -0.39 is 48.3 Å². The fourth-order valence-electron chi connectivity index (χ4n) is 7.22. The lowest BCUT2D eigenvalue weighted by atomic mass is 10.1. The Balaban J connectivity index is 1.37. The van der Waals surface area contributed by atoms with Gasteiger partial charge >= 0.3 is 0 Å². The summed E-state index contributed by atoms with van der Waals surface area (Å²) in [6, 6.07) is 23.6. The minimum atomic E-state index is -0.569. The molecule has 0 aliphatic heterocycles. The molecule has 11 rings (SSSR count). The summed E-state index contributed by atoms with van der Waals surface area (Å²) in [5.41, 5.74) is 2.03. The Bertz CT molecular complexity index is 3640. The predicted molar refractivity (Wildman–Crippen MR) is 208 cm³/mol. The van der Waals surface area contributed by atoms with Gasteiger partial charge in [-0.2, -0.15) is 15.0 Å². The number of benzene rings is 7. The van der Waals surface area contributed by atoms with Crippen molar-refractivity contribution in [3.63, 3.8) is 0 Å². The molecule has 51 heavy (non-hydrogen) atoms. The Kier molecular flexibility index (Phi) is 3.92. The van der Waals surface area contributed by atoms with Crippen molar-refractivity contribution in [3.05, 3.63) is 170 Å². The number of nitrogens with zero attached hydrogens (tertiary/aromatic N) is 6. The fourth-order valence-corrected chi connectivity index (χ4v) is 7.22. The van der Waals surface area contributed by atoms with Crippen molar-refractivity contribution in [2.45, 2.75) is 0 Å². The smallest absolute Gasteiger partial charge is 0.240 e. The normalized spacial score (nSPS) is 15.2. The lowest BCUT2D eigenvalue weighted by molar-refractivity contribution is 0.892. The maximum absolute atomic E-state index is 9.55. The van der Waals surface area contributed by atoms with Gasteiger partial charge in [-0.1, -0.05) is 121 Å². The van der Waals surface area contributed by atoms with E-state index in [9.17, 15) is 5.48 Å². The Morgan fingerprint density at radius 2 is 0.745 bits per heavy atom. The van der Waals surface area contributed by atoms with Crippen molar-refractivity contribution in [2.24, 2.45) is 0 Å². The number of fused-ring (bicyclic) bond motifs is 9. The van der Waals surface area contributed by atoms with Crippen molar-refractivity contribution >= 4 is 65.4 Å². The van der Waals surface area contributed by atoms with Crippen LogP contribution in [0.5, 0.6) is 0 Å². The molecule has 0 unspecified atom stereocenters. The third-order valence-electron chi connectivity index (χ3n) is 9.32. The molecular formula is C45H28N6. The topological polar surface area (TPSA) is 53.5 Å². The highest BCUT2D eigenvalue weighted by Gasteiger charge is 2.22. The SMILES string of the molecule is [2H]c1c([2H])c([2H])c(-n2c3ccccc3c3ccccc32)c(-c2nc(-n3c4ccccc4c4c([2H])c([2H])c([2H])c([2H])c43)nc(-n3c4ccccc4c4c([2H])c([2H])c([2H])c([2H])c43)n2)c1[2H]. The highest BCUT2D eigenvalue weighted by atomic mass is 15.3. The van der Waals surface area contributed by atoms with Crippen molar-refractivity contribution in [1.82, 2.24) is 28.7 Å². The third-order valence-corrected chi connectivity index (χ3v) is 9.32. The zero-order valence-corrected chi connectivity index (χ0v) is 26.4. The maximum atomic E-state index is 9.55. The molecule has 0 radical (unpaired) electrons. The van der Waals surface area contributed by atoms with Crippen LogP contribution in [0.1, 0.15) is 16.4 Å². The highest BCUT2D eigenvalue weighted by molar-refractivity contribution is 6.11. The van der Waals surface area contributed by atoms with Crippen LogP contribution in [0.4, 0.5) is 0 Å². The van der Waals surface area contributed by atoms with E-state index in [4.69, 9.17) is 25.9 Å². The first-order valence-corrected chi connectivity index (χ1v) is 16.2. The number of para-hydroxylation sites is 7. The van der Waals surface area contributed by atoms with Gasteiger partial charge < -0.3 is 4.57 Å². The Labute approximate surface area is 309 Å². The summed E-state index contributed by atoms with van der Waals surface area (Å²) < 4.78 is 113. The van der Waals surface area contributed by atoms with Crippen molar-refractivity contribution < 1.29 is 16.4 Å². The largest absolute Gasteiger partial charge is 0.309 e. The number of hydrogen-bond acceptors (Lipinski definition) is 3. The maximum Gasteiger partial charge on any atom is 0.240 e. The molecule has 6 nitrogen and oxygen atoms in total. The van der Waals surface area contributed by atoms with Crippen LogP contribution in [0.15, 0.2) is 170 Å². The van der Waals surface area contributed by atoms with E-state index in [1.807, 2.05) is 48.5 Å². The van der Waals surface area contributed by atoms with Gasteiger partial charge in [-0.05, 0) is 48.4 Å². The minimum Gasteiger partial charge on any atom is -0.309 e. The van der Waals surface area contributed by atoms with Gasteiger partial charge in [0, 0.05) is 37.9 Å². The van der Waals surface area contributed by atoms with Crippen LogP contribution in [-0.4, -0.2) is 28.7 Å². The summed E-state index contributed by atoms with van der Waals surface area (Å²) in [6.45, 7) is 0. The second-order valence-corrected chi connectivity index (χ2v) is 12.0. The summed E-state index contributed by atoms with van der Waals surface area (Å²) in [5.74, 6) is -0.644. The third kappa shape index (κ3) is 4.01. The first-order valence-electron chi connectivity index (χ1n) is 22.2. The first kappa shape index (κ1) is 18.6. The number of aromatic nitrogens is 6. The lowest BCUT2D eigenvalue weighted by Gasteiger charge is -2.16. The van der Waals surface area contributed by atoms with E-state index in [1.54, 1.807) is 53.1 Å². The monoisotopic (exact) mass is 664 g/mol. The molecule has 0 atom stereocenters. The molecule has 0 amide bonds. The molecule has 0 saturated carbocycles. The highest BCUT2D eigenvalue weighted by Crippen LogP contribution is 2.37. The molecule has 0 spiro atoms. The summed E-state index contributed by atoms with van der Waals surface area (Å²) in [5, 5.41) is 2.95. The molecule has 6 heteroatoms. The number of hydrogen-bond donors (Lipinski definition) is 0. The van der Waals surface area contributed by atoms with Gasteiger partial charge in [-0.15, -0.1) is 0 Å². The van der Waals surface area contributed by atoms with Crippen molar-refractivity contribution in [1.29, 1.82) is 0 Å². The summed E-state index contributed by atoms with van der Waals surface area (Å²) in [4.78, 5) is 14.9. The zero-order valence-electron chi connectivity index (χ0n) is 38.4. The zero-order chi connectivity index (χ0) is 43.9. The average molecular weight is 665 g/mol. The average Bonchev–Trinajstić information content (AvgIpc) is 3.96. The van der Waals surface area contributed by atoms with Gasteiger partial charge in [0.1, 0.15) is 0 Å². The van der Waals surface area contributed by atoms with Gasteiger partial charge in [-0.25, -0.2) is 0 Å². The van der Waals surface area contributed by atoms with Crippen LogP contribution in [0.25, 0.3) is 94.4 Å². The molecule has 0 aliphatic carbocycles. The molecule has 0 saturated heterocycles. The fraction of sp³-hybridized carbons (Fsp3) is 0. The molecule has 0 aliphatic rings. The van der Waals surface area contributed by atoms with E-state index in [0.717, 1.165) is 10.8 Å². The summed E-state index contributed by atoms with van der Waals surface area (Å²) >= 11 is 0. The van der Waals surface area contributed by atoms with Gasteiger partial charge in [0.15, 0.2) is 5.82 Å². The molecule has 0 fully saturated rings. The molecule has 7 aromatic carbocycles. The van der Waals surface area contributed by atoms with E-state index in [-0.39, 0.29) is 74.9 Å². The van der Waals surface area contributed by atoms with Crippen LogP contribution < -0.4 is 0 Å². The van der Waals surface area contributed by atoms with Crippen LogP contribution in [0, 0.1) is 0 Å². The van der Waals surface area contributed by atoms with E-state index in [1.165, 1.54) is 9.13 Å². The van der Waals surface area contributed by atoms with Gasteiger partial charge in [0.05, 0.1) is 55.2 Å². The summed E-state index contributed by atoms with van der Waals surface area (Å²) in [6.07, 6.45) is 0. The van der Waals surface area contributed by atoms with Crippen molar-refractivity contribution in [2.75, 3.05) is 0 Å². The van der Waals surface area contributed by atoms with Gasteiger partial charge in [-0.3, -0.25) is 9.13 Å². The quantitative estimate of drug-likeness (QED) is 0.188. The Morgan fingerprint density at radius 3 is 1.25 bits per heavy atom. The van der Waals surface area contributed by atoms with E-state index >= 15 is 0 Å². The molecule has 11 aromatic rings. The predicted octanol–water partition coefficient (Wildman–Crippen LogP) is 10.8. The Morgan fingerprint density at radius 1 is 0.353 bits per heavy atom. The van der Waals surface area contributed by atoms with Crippen LogP contribution >= 0.6 is 0 Å². The van der Waals surface area contributed by atoms with Crippen LogP contribution in [0.3, 0.4) is 0 Å². The summed E-state index contributed by atoms with van der Waals surface area (Å²) in [7, 11) is 0. The van der Waals surface area contributed by atoms with E-state index in [0.29, 0.717) is 32.8 Å². The lowest BCUT2D eigenvalue weighted by Crippen LogP contribution is -2.11. The second kappa shape index (κ2) is 10.7. The molecule has 4 heterocycles. The molecular weight excluding hydrogens is 625 g/mol.